The van der Waals surface area contributed by atoms with Crippen LogP contribution in [0, 0.1) is 12.7 Å². The summed E-state index contributed by atoms with van der Waals surface area (Å²) in [5, 5.41) is 0. The van der Waals surface area contributed by atoms with Crippen LogP contribution in [0.4, 0.5) is 4.39 Å². The van der Waals surface area contributed by atoms with Crippen molar-refractivity contribution in [3.8, 4) is 10.4 Å². The van der Waals surface area contributed by atoms with Gasteiger partial charge in [-0.05, 0) is 35.7 Å². The fraction of sp³-hybridized carbons (Fsp3) is 0.167. The first kappa shape index (κ1) is 11.6. The lowest BCUT2D eigenvalue weighted by Gasteiger charge is -2.00. The molecule has 1 aromatic heterocycles. The number of nitrogens with two attached hydrogens (primary N) is 1. The minimum absolute atomic E-state index is 0.233. The van der Waals surface area contributed by atoms with E-state index in [4.69, 9.17) is 17.3 Å². The summed E-state index contributed by atoms with van der Waals surface area (Å²) in [7, 11) is 0. The van der Waals surface area contributed by atoms with Crippen LogP contribution in [-0.2, 0) is 6.54 Å². The average Bonchev–Trinajstić information content (AvgIpc) is 2.55. The summed E-state index contributed by atoms with van der Waals surface area (Å²) in [5.41, 5.74) is 8.67. The molecule has 1 aromatic carbocycles. The number of benzene rings is 1. The average molecular weight is 256 g/mol. The van der Waals surface area contributed by atoms with Gasteiger partial charge in [0.1, 0.15) is 5.82 Å². The van der Waals surface area contributed by atoms with Crippen LogP contribution in [0.5, 0.6) is 0 Å². The second-order valence-corrected chi connectivity index (χ2v) is 5.14. The molecule has 1 heterocycles. The van der Waals surface area contributed by atoms with E-state index in [9.17, 15) is 4.39 Å². The molecule has 0 radical (unpaired) electrons. The fourth-order valence-corrected chi connectivity index (χ4v) is 3.14. The van der Waals surface area contributed by atoms with Gasteiger partial charge < -0.3 is 5.73 Å². The minimum Gasteiger partial charge on any atom is -0.326 e. The van der Waals surface area contributed by atoms with Crippen molar-refractivity contribution in [1.82, 2.24) is 0 Å². The molecule has 4 heteroatoms. The van der Waals surface area contributed by atoms with Crippen LogP contribution < -0.4 is 5.73 Å². The molecule has 0 fully saturated rings. The molecule has 2 rings (SSSR count). The van der Waals surface area contributed by atoms with Gasteiger partial charge >= 0.3 is 0 Å². The molecule has 16 heavy (non-hydrogen) atoms. The zero-order valence-electron chi connectivity index (χ0n) is 8.76. The van der Waals surface area contributed by atoms with Gasteiger partial charge in [0.25, 0.3) is 0 Å². The van der Waals surface area contributed by atoms with Crippen LogP contribution in [0.3, 0.4) is 0 Å². The summed E-state index contributed by atoms with van der Waals surface area (Å²) in [5.74, 6) is -0.233. The summed E-state index contributed by atoms with van der Waals surface area (Å²) in [6.07, 6.45) is 0. The Hall–Kier alpha value is -0.900. The third-order valence-electron chi connectivity index (χ3n) is 2.53. The molecule has 0 spiro atoms. The molecule has 0 amide bonds. The SMILES string of the molecule is Cc1c(-c2ccc(F)cc2)sc(Cl)c1CN. The monoisotopic (exact) mass is 255 g/mol. The Morgan fingerprint density at radius 3 is 2.44 bits per heavy atom. The van der Waals surface area contributed by atoms with E-state index in [2.05, 4.69) is 0 Å². The largest absolute Gasteiger partial charge is 0.326 e. The van der Waals surface area contributed by atoms with Gasteiger partial charge in [-0.1, -0.05) is 23.7 Å². The molecule has 1 nitrogen and oxygen atoms in total. The second-order valence-electron chi connectivity index (χ2n) is 3.52. The molecule has 0 unspecified atom stereocenters. The van der Waals surface area contributed by atoms with Gasteiger partial charge in [0.15, 0.2) is 0 Å². The van der Waals surface area contributed by atoms with Crippen LogP contribution in [-0.4, -0.2) is 0 Å². The molecule has 0 aliphatic heterocycles. The highest BCUT2D eigenvalue weighted by molar-refractivity contribution is 7.19. The molecular weight excluding hydrogens is 245 g/mol. The Kier molecular flexibility index (Phi) is 3.28. The number of rotatable bonds is 2. The third kappa shape index (κ3) is 1.98. The normalized spacial score (nSPS) is 10.8. The molecule has 0 aliphatic carbocycles. The van der Waals surface area contributed by atoms with E-state index in [1.807, 2.05) is 6.92 Å². The predicted molar refractivity (Wildman–Crippen MR) is 67.4 cm³/mol. The van der Waals surface area contributed by atoms with Gasteiger partial charge in [0, 0.05) is 11.4 Å². The van der Waals surface area contributed by atoms with Gasteiger partial charge in [-0.2, -0.15) is 0 Å². The Labute approximate surface area is 103 Å². The standard InChI is InChI=1S/C12H11ClFNS/c1-7-10(6-15)12(13)16-11(7)8-2-4-9(14)5-3-8/h2-5H,6,15H2,1H3. The van der Waals surface area contributed by atoms with E-state index in [0.717, 1.165) is 25.9 Å². The van der Waals surface area contributed by atoms with Crippen molar-refractivity contribution in [3.63, 3.8) is 0 Å². The topological polar surface area (TPSA) is 26.0 Å². The molecule has 2 N–H and O–H groups in total. The van der Waals surface area contributed by atoms with Crippen LogP contribution in [0.25, 0.3) is 10.4 Å². The second kappa shape index (κ2) is 4.53. The minimum atomic E-state index is -0.233. The molecule has 0 aliphatic rings. The van der Waals surface area contributed by atoms with Crippen molar-refractivity contribution < 1.29 is 4.39 Å². The van der Waals surface area contributed by atoms with E-state index >= 15 is 0 Å². The summed E-state index contributed by atoms with van der Waals surface area (Å²) in [6, 6.07) is 6.41. The summed E-state index contributed by atoms with van der Waals surface area (Å²) in [6.45, 7) is 2.42. The van der Waals surface area contributed by atoms with Crippen molar-refractivity contribution in [2.24, 2.45) is 5.73 Å². The quantitative estimate of drug-likeness (QED) is 0.863. The molecule has 84 valence electrons. The first-order chi connectivity index (χ1) is 7.63. The maximum Gasteiger partial charge on any atom is 0.123 e. The van der Waals surface area contributed by atoms with Crippen LogP contribution in [0.15, 0.2) is 24.3 Å². The van der Waals surface area contributed by atoms with Gasteiger partial charge in [-0.3, -0.25) is 0 Å². The van der Waals surface area contributed by atoms with Crippen molar-refractivity contribution in [1.29, 1.82) is 0 Å². The van der Waals surface area contributed by atoms with Crippen molar-refractivity contribution in [3.05, 3.63) is 45.5 Å². The van der Waals surface area contributed by atoms with Crippen molar-refractivity contribution in [2.45, 2.75) is 13.5 Å². The number of thiophene rings is 1. The molecule has 0 saturated heterocycles. The highest BCUT2D eigenvalue weighted by atomic mass is 35.5. The molecular formula is C12H11ClFNS. The van der Waals surface area contributed by atoms with E-state index in [0.29, 0.717) is 6.54 Å². The van der Waals surface area contributed by atoms with E-state index in [1.54, 1.807) is 12.1 Å². The predicted octanol–water partition coefficient (Wildman–Crippen LogP) is 3.97. The zero-order valence-corrected chi connectivity index (χ0v) is 10.3. The maximum atomic E-state index is 12.8. The highest BCUT2D eigenvalue weighted by Gasteiger charge is 2.13. The first-order valence-electron chi connectivity index (χ1n) is 4.87. The van der Waals surface area contributed by atoms with Gasteiger partial charge in [-0.25, -0.2) is 4.39 Å². The van der Waals surface area contributed by atoms with Crippen LogP contribution in [0.1, 0.15) is 11.1 Å². The van der Waals surface area contributed by atoms with Gasteiger partial charge in [-0.15, -0.1) is 11.3 Å². The molecule has 0 saturated carbocycles. The third-order valence-corrected chi connectivity index (χ3v) is 4.16. The first-order valence-corrected chi connectivity index (χ1v) is 6.06. The Morgan fingerprint density at radius 2 is 1.94 bits per heavy atom. The maximum absolute atomic E-state index is 12.8. The lowest BCUT2D eigenvalue weighted by molar-refractivity contribution is 0.628. The molecule has 0 bridgehead atoms. The van der Waals surface area contributed by atoms with Gasteiger partial charge in [0.05, 0.1) is 4.34 Å². The summed E-state index contributed by atoms with van der Waals surface area (Å²) >= 11 is 7.58. The smallest absolute Gasteiger partial charge is 0.123 e. The van der Waals surface area contributed by atoms with E-state index < -0.39 is 0 Å². The number of hydrogen-bond acceptors (Lipinski definition) is 2. The lowest BCUT2D eigenvalue weighted by atomic mass is 10.1. The van der Waals surface area contributed by atoms with Gasteiger partial charge in [0.2, 0.25) is 0 Å². The number of hydrogen-bond donors (Lipinski definition) is 1. The summed E-state index contributed by atoms with van der Waals surface area (Å²) in [4.78, 5) is 1.06. The molecule has 2 aromatic rings. The van der Waals surface area contributed by atoms with Crippen LogP contribution >= 0.6 is 22.9 Å². The van der Waals surface area contributed by atoms with Crippen molar-refractivity contribution in [2.75, 3.05) is 0 Å². The lowest BCUT2D eigenvalue weighted by Crippen LogP contribution is -1.96. The zero-order chi connectivity index (χ0) is 11.7. The fourth-order valence-electron chi connectivity index (χ4n) is 1.62. The molecule has 0 atom stereocenters. The Balaban J connectivity index is 2.52. The van der Waals surface area contributed by atoms with E-state index in [-0.39, 0.29) is 5.82 Å². The van der Waals surface area contributed by atoms with E-state index in [1.165, 1.54) is 23.5 Å². The summed E-state index contributed by atoms with van der Waals surface area (Å²) < 4.78 is 13.5. The Morgan fingerprint density at radius 1 is 1.31 bits per heavy atom. The Bertz CT molecular complexity index is 504. The van der Waals surface area contributed by atoms with Crippen LogP contribution in [0.2, 0.25) is 4.34 Å². The van der Waals surface area contributed by atoms with Crippen molar-refractivity contribution >= 4 is 22.9 Å². The highest BCUT2D eigenvalue weighted by Crippen LogP contribution is 2.38. The number of halogens is 2.